The molecule has 0 bridgehead atoms. The van der Waals surface area contributed by atoms with Gasteiger partial charge < -0.3 is 15.4 Å². The monoisotopic (exact) mass is 276 g/mol. The second-order valence-corrected chi connectivity index (χ2v) is 5.51. The van der Waals surface area contributed by atoms with Crippen molar-refractivity contribution in [3.63, 3.8) is 0 Å². The third-order valence-corrected chi connectivity index (χ3v) is 4.14. The Morgan fingerprint density at radius 2 is 2.10 bits per heavy atom. The van der Waals surface area contributed by atoms with Gasteiger partial charge >= 0.3 is 0 Å². The summed E-state index contributed by atoms with van der Waals surface area (Å²) >= 11 is 0. The van der Waals surface area contributed by atoms with E-state index in [1.54, 1.807) is 7.11 Å². The van der Waals surface area contributed by atoms with E-state index >= 15 is 0 Å². The van der Waals surface area contributed by atoms with E-state index in [-0.39, 0.29) is 24.0 Å². The molecular weight excluding hydrogens is 252 g/mol. The first kappa shape index (κ1) is 15.0. The number of methoxy groups -OCH3 is 1. The molecule has 2 rings (SSSR count). The zero-order valence-electron chi connectivity index (χ0n) is 12.3. The molecule has 1 aliphatic rings. The minimum absolute atomic E-state index is 0.128. The number of hydrogen-bond donors (Lipinski definition) is 1. The van der Waals surface area contributed by atoms with Crippen molar-refractivity contribution in [2.24, 2.45) is 11.7 Å². The van der Waals surface area contributed by atoms with Gasteiger partial charge in [-0.1, -0.05) is 37.3 Å². The molecule has 3 unspecified atom stereocenters. The van der Waals surface area contributed by atoms with Crippen LogP contribution in [0.4, 0.5) is 0 Å². The molecule has 1 amide bonds. The van der Waals surface area contributed by atoms with Gasteiger partial charge in [-0.05, 0) is 18.4 Å². The van der Waals surface area contributed by atoms with Gasteiger partial charge in [-0.25, -0.2) is 0 Å². The molecule has 1 aromatic rings. The Morgan fingerprint density at radius 3 is 2.75 bits per heavy atom. The van der Waals surface area contributed by atoms with Crippen molar-refractivity contribution in [2.75, 3.05) is 20.2 Å². The molecule has 0 spiro atoms. The SMILES string of the molecule is COC1CCCN(C(=O)C(C)C(N)c2ccccc2)C1. The maximum Gasteiger partial charge on any atom is 0.227 e. The van der Waals surface area contributed by atoms with E-state index in [4.69, 9.17) is 10.5 Å². The topological polar surface area (TPSA) is 55.6 Å². The summed E-state index contributed by atoms with van der Waals surface area (Å²) in [7, 11) is 1.71. The lowest BCUT2D eigenvalue weighted by Gasteiger charge is -2.34. The fourth-order valence-corrected chi connectivity index (χ4v) is 2.74. The Hall–Kier alpha value is -1.39. The predicted molar refractivity (Wildman–Crippen MR) is 79.1 cm³/mol. The van der Waals surface area contributed by atoms with Gasteiger partial charge in [-0.15, -0.1) is 0 Å². The molecule has 1 aromatic carbocycles. The lowest BCUT2D eigenvalue weighted by atomic mass is 9.93. The van der Waals surface area contributed by atoms with Gasteiger partial charge in [0.2, 0.25) is 5.91 Å². The van der Waals surface area contributed by atoms with Gasteiger partial charge in [0, 0.05) is 26.2 Å². The number of nitrogens with two attached hydrogens (primary N) is 1. The smallest absolute Gasteiger partial charge is 0.227 e. The van der Waals surface area contributed by atoms with Gasteiger partial charge in [0.05, 0.1) is 12.0 Å². The summed E-state index contributed by atoms with van der Waals surface area (Å²) in [6, 6.07) is 9.55. The summed E-state index contributed by atoms with van der Waals surface area (Å²) in [5.41, 5.74) is 7.24. The van der Waals surface area contributed by atoms with E-state index in [2.05, 4.69) is 0 Å². The minimum Gasteiger partial charge on any atom is -0.380 e. The summed E-state index contributed by atoms with van der Waals surface area (Å²) < 4.78 is 5.37. The minimum atomic E-state index is -0.258. The molecule has 110 valence electrons. The van der Waals surface area contributed by atoms with Crippen LogP contribution in [0.5, 0.6) is 0 Å². The average Bonchev–Trinajstić information content (AvgIpc) is 2.53. The highest BCUT2D eigenvalue weighted by Crippen LogP contribution is 2.23. The van der Waals surface area contributed by atoms with E-state index in [1.807, 2.05) is 42.2 Å². The number of rotatable bonds is 4. The van der Waals surface area contributed by atoms with E-state index in [9.17, 15) is 4.79 Å². The number of carbonyl (C=O) groups excluding carboxylic acids is 1. The second-order valence-electron chi connectivity index (χ2n) is 5.51. The first-order valence-electron chi connectivity index (χ1n) is 7.25. The van der Waals surface area contributed by atoms with Gasteiger partial charge in [0.25, 0.3) is 0 Å². The molecule has 4 heteroatoms. The standard InChI is InChI=1S/C16H24N2O2/c1-12(15(17)13-7-4-3-5-8-13)16(19)18-10-6-9-14(11-18)20-2/h3-5,7-8,12,14-15H,6,9-11,17H2,1-2H3. The fraction of sp³-hybridized carbons (Fsp3) is 0.562. The normalized spacial score (nSPS) is 22.4. The van der Waals surface area contributed by atoms with Crippen molar-refractivity contribution >= 4 is 5.91 Å². The van der Waals surface area contributed by atoms with Crippen LogP contribution in [-0.4, -0.2) is 37.1 Å². The summed E-state index contributed by atoms with van der Waals surface area (Å²) in [4.78, 5) is 14.5. The second kappa shape index (κ2) is 6.86. The van der Waals surface area contributed by atoms with Crippen molar-refractivity contribution < 1.29 is 9.53 Å². The molecule has 1 saturated heterocycles. The van der Waals surface area contributed by atoms with Crippen LogP contribution in [-0.2, 0) is 9.53 Å². The first-order valence-corrected chi connectivity index (χ1v) is 7.25. The summed E-state index contributed by atoms with van der Waals surface area (Å²) in [6.07, 6.45) is 2.18. The predicted octanol–water partition coefficient (Wildman–Crippen LogP) is 1.96. The summed E-state index contributed by atoms with van der Waals surface area (Å²) in [5, 5.41) is 0. The van der Waals surface area contributed by atoms with Crippen molar-refractivity contribution in [2.45, 2.75) is 31.9 Å². The van der Waals surface area contributed by atoms with E-state index in [1.165, 1.54) is 0 Å². The highest BCUT2D eigenvalue weighted by atomic mass is 16.5. The third-order valence-electron chi connectivity index (χ3n) is 4.14. The molecule has 0 radical (unpaired) electrons. The summed E-state index contributed by atoms with van der Waals surface area (Å²) in [5.74, 6) is -0.0869. The van der Waals surface area contributed by atoms with Gasteiger partial charge in [-0.2, -0.15) is 0 Å². The summed E-state index contributed by atoms with van der Waals surface area (Å²) in [6.45, 7) is 3.40. The molecule has 20 heavy (non-hydrogen) atoms. The number of piperidine rings is 1. The van der Waals surface area contributed by atoms with Gasteiger partial charge in [0.15, 0.2) is 0 Å². The molecule has 1 heterocycles. The van der Waals surface area contributed by atoms with E-state index in [0.717, 1.165) is 24.9 Å². The van der Waals surface area contributed by atoms with Crippen LogP contribution in [0.25, 0.3) is 0 Å². The Bertz CT molecular complexity index is 435. The van der Waals surface area contributed by atoms with Crippen LogP contribution in [0.3, 0.4) is 0 Å². The maximum absolute atomic E-state index is 12.6. The molecule has 3 atom stereocenters. The number of hydrogen-bond acceptors (Lipinski definition) is 3. The quantitative estimate of drug-likeness (QED) is 0.914. The van der Waals surface area contributed by atoms with Crippen LogP contribution < -0.4 is 5.73 Å². The lowest BCUT2D eigenvalue weighted by molar-refractivity contribution is -0.139. The van der Waals surface area contributed by atoms with Crippen molar-refractivity contribution in [3.8, 4) is 0 Å². The lowest BCUT2D eigenvalue weighted by Crippen LogP contribution is -2.46. The number of ether oxygens (including phenoxy) is 1. The maximum atomic E-state index is 12.6. The zero-order valence-corrected chi connectivity index (χ0v) is 12.3. The van der Waals surface area contributed by atoms with Crippen molar-refractivity contribution in [1.29, 1.82) is 0 Å². The fourth-order valence-electron chi connectivity index (χ4n) is 2.74. The molecule has 2 N–H and O–H groups in total. The van der Waals surface area contributed by atoms with E-state index in [0.29, 0.717) is 6.54 Å². The number of carbonyl (C=O) groups is 1. The van der Waals surface area contributed by atoms with Crippen LogP contribution in [0, 0.1) is 5.92 Å². The Kier molecular flexibility index (Phi) is 5.15. The average molecular weight is 276 g/mol. The molecule has 0 aromatic heterocycles. The van der Waals surface area contributed by atoms with E-state index < -0.39 is 0 Å². The van der Waals surface area contributed by atoms with Crippen LogP contribution in [0.2, 0.25) is 0 Å². The molecule has 0 saturated carbocycles. The van der Waals surface area contributed by atoms with Gasteiger partial charge in [-0.3, -0.25) is 4.79 Å². The van der Waals surface area contributed by atoms with Crippen molar-refractivity contribution in [3.05, 3.63) is 35.9 Å². The number of amides is 1. The third kappa shape index (κ3) is 3.38. The molecule has 4 nitrogen and oxygen atoms in total. The first-order chi connectivity index (χ1) is 9.63. The largest absolute Gasteiger partial charge is 0.380 e. The van der Waals surface area contributed by atoms with Crippen LogP contribution in [0.1, 0.15) is 31.4 Å². The number of likely N-dealkylation sites (tertiary alicyclic amines) is 1. The van der Waals surface area contributed by atoms with Crippen molar-refractivity contribution in [1.82, 2.24) is 4.90 Å². The van der Waals surface area contributed by atoms with Gasteiger partial charge in [0.1, 0.15) is 0 Å². The van der Waals surface area contributed by atoms with Crippen LogP contribution in [0.15, 0.2) is 30.3 Å². The van der Waals surface area contributed by atoms with Crippen LogP contribution >= 0.6 is 0 Å². The Labute approximate surface area is 120 Å². The molecular formula is C16H24N2O2. The molecule has 0 aliphatic carbocycles. The Morgan fingerprint density at radius 1 is 1.40 bits per heavy atom. The number of nitrogens with zero attached hydrogens (tertiary/aromatic N) is 1. The highest BCUT2D eigenvalue weighted by molar-refractivity contribution is 5.79. The zero-order chi connectivity index (χ0) is 14.5. The highest BCUT2D eigenvalue weighted by Gasteiger charge is 2.30. The number of benzene rings is 1. The molecule has 1 aliphatic heterocycles. The Balaban J connectivity index is 2.01. The molecule has 1 fully saturated rings.